The van der Waals surface area contributed by atoms with Crippen molar-refractivity contribution in [2.45, 2.75) is 36.5 Å². The molecule has 0 saturated carbocycles. The van der Waals surface area contributed by atoms with Crippen LogP contribution in [0.5, 0.6) is 0 Å². The van der Waals surface area contributed by atoms with Crippen molar-refractivity contribution in [1.29, 1.82) is 0 Å². The number of rotatable bonds is 12. The van der Waals surface area contributed by atoms with Gasteiger partial charge in [0.2, 0.25) is 0 Å². The van der Waals surface area contributed by atoms with Gasteiger partial charge in [-0.15, -0.1) is 0 Å². The van der Waals surface area contributed by atoms with Crippen LogP contribution in [0.2, 0.25) is 0 Å². The van der Waals surface area contributed by atoms with Crippen molar-refractivity contribution in [2.75, 3.05) is 40.1 Å². The summed E-state index contributed by atoms with van der Waals surface area (Å²) in [6, 6.07) is 30.9. The van der Waals surface area contributed by atoms with Crippen molar-refractivity contribution < 1.29 is 13.8 Å². The number of hydrogen-bond donors (Lipinski definition) is 2. The monoisotopic (exact) mass is 674 g/mol. The first kappa shape index (κ1) is 33.1. The molecule has 4 aromatic rings. The molecule has 3 aromatic carbocycles. The lowest BCUT2D eigenvalue weighted by atomic mass is 9.76. The van der Waals surface area contributed by atoms with E-state index in [0.29, 0.717) is 12.1 Å². The molecule has 0 radical (unpaired) electrons. The quantitative estimate of drug-likeness (QED) is 0.0805. The molecule has 5 atom stereocenters. The molecule has 0 spiro atoms. The molecule has 2 N–H and O–H groups in total. The summed E-state index contributed by atoms with van der Waals surface area (Å²) in [5, 5.41) is 7.30. The number of anilines is 1. The van der Waals surface area contributed by atoms with Crippen molar-refractivity contribution in [3.05, 3.63) is 120 Å². The molecule has 11 nitrogen and oxygen atoms in total. The van der Waals surface area contributed by atoms with Crippen molar-refractivity contribution in [2.24, 2.45) is 9.98 Å². The number of nitrogens with zero attached hydrogens (tertiary/aromatic N) is 6. The van der Waals surface area contributed by atoms with Crippen molar-refractivity contribution in [3.8, 4) is 0 Å². The second kappa shape index (κ2) is 14.1. The van der Waals surface area contributed by atoms with Gasteiger partial charge in [-0.2, -0.15) is 0 Å². The van der Waals surface area contributed by atoms with E-state index in [2.05, 4.69) is 62.0 Å². The van der Waals surface area contributed by atoms with Gasteiger partial charge in [-0.3, -0.25) is 14.4 Å². The lowest BCUT2D eigenvalue weighted by molar-refractivity contribution is -0.0222. The molecule has 2 aliphatic rings. The third-order valence-electron chi connectivity index (χ3n) is 8.37. The SMILES string of the molecule is CN(C)C=NC1N=CNc2c1ncn2C1CC(NC(c2ccccc2)(c2ccccc2)c2ccccc2)C(COP(=O)(Cl)N(C)C)O1. The van der Waals surface area contributed by atoms with Crippen LogP contribution < -0.4 is 10.6 Å². The molecule has 6 rings (SSSR count). The first-order chi connectivity index (χ1) is 22.7. The highest BCUT2D eigenvalue weighted by atomic mass is 35.7. The van der Waals surface area contributed by atoms with Crippen molar-refractivity contribution in [3.63, 3.8) is 0 Å². The molecule has 0 aliphatic carbocycles. The predicted molar refractivity (Wildman–Crippen MR) is 187 cm³/mol. The summed E-state index contributed by atoms with van der Waals surface area (Å²) in [5.41, 5.74) is 3.13. The van der Waals surface area contributed by atoms with Crippen LogP contribution in [0.4, 0.5) is 5.82 Å². The maximum atomic E-state index is 13.1. The van der Waals surface area contributed by atoms with E-state index in [1.165, 1.54) is 4.67 Å². The minimum atomic E-state index is -3.56. The Kier molecular flexibility index (Phi) is 9.93. The Morgan fingerprint density at radius 1 is 1.02 bits per heavy atom. The van der Waals surface area contributed by atoms with Gasteiger partial charge in [0.15, 0.2) is 6.17 Å². The number of aromatic nitrogens is 2. The van der Waals surface area contributed by atoms with Crippen LogP contribution in [0.25, 0.3) is 0 Å². The number of aliphatic imine (C=N–C) groups is 2. The van der Waals surface area contributed by atoms with E-state index in [1.54, 1.807) is 33.1 Å². The predicted octanol–water partition coefficient (Wildman–Crippen LogP) is 6.09. The highest BCUT2D eigenvalue weighted by molar-refractivity contribution is 7.83. The van der Waals surface area contributed by atoms with E-state index in [9.17, 15) is 4.57 Å². The third-order valence-corrected chi connectivity index (χ3v) is 11.0. The molecule has 0 bridgehead atoms. The smallest absolute Gasteiger partial charge is 0.362 e. The minimum Gasteiger partial charge on any atom is -0.369 e. The van der Waals surface area contributed by atoms with Crippen molar-refractivity contribution >= 4 is 36.6 Å². The Labute approximate surface area is 280 Å². The Balaban J connectivity index is 1.41. The van der Waals surface area contributed by atoms with Crippen LogP contribution in [0.15, 0.2) is 107 Å². The molecular weight excluding hydrogens is 635 g/mol. The first-order valence-corrected chi connectivity index (χ1v) is 17.9. The molecular formula is C34H40ClN8O3P. The summed E-state index contributed by atoms with van der Waals surface area (Å²) in [4.78, 5) is 15.6. The van der Waals surface area contributed by atoms with Crippen LogP contribution in [0.3, 0.4) is 0 Å². The van der Waals surface area contributed by atoms with Crippen LogP contribution in [0, 0.1) is 0 Å². The highest BCUT2D eigenvalue weighted by Crippen LogP contribution is 2.54. The maximum Gasteiger partial charge on any atom is 0.362 e. The number of fused-ring (bicyclic) bond motifs is 1. The maximum absolute atomic E-state index is 13.1. The summed E-state index contributed by atoms with van der Waals surface area (Å²) >= 11 is 6.34. The van der Waals surface area contributed by atoms with E-state index in [0.717, 1.165) is 22.5 Å². The van der Waals surface area contributed by atoms with E-state index in [-0.39, 0.29) is 12.6 Å². The van der Waals surface area contributed by atoms with Gasteiger partial charge in [0, 0.05) is 26.6 Å². The molecule has 246 valence electrons. The molecule has 47 heavy (non-hydrogen) atoms. The van der Waals surface area contributed by atoms with Crippen LogP contribution >= 0.6 is 18.1 Å². The van der Waals surface area contributed by atoms with Gasteiger partial charge < -0.3 is 19.5 Å². The fraction of sp³-hybridized carbons (Fsp3) is 0.324. The minimum absolute atomic E-state index is 0.00308. The number of imidazole rings is 1. The zero-order valence-electron chi connectivity index (χ0n) is 26.8. The molecule has 1 fully saturated rings. The Bertz CT molecular complexity index is 1640. The summed E-state index contributed by atoms with van der Waals surface area (Å²) < 4.78 is 29.1. The summed E-state index contributed by atoms with van der Waals surface area (Å²) in [7, 11) is 7.08. The highest BCUT2D eigenvalue weighted by Gasteiger charge is 2.46. The molecule has 2 aliphatic heterocycles. The number of benzene rings is 3. The zero-order chi connectivity index (χ0) is 33.0. The van der Waals surface area contributed by atoms with E-state index >= 15 is 0 Å². The molecule has 3 heterocycles. The fourth-order valence-electron chi connectivity index (χ4n) is 6.06. The van der Waals surface area contributed by atoms with Gasteiger partial charge in [-0.1, -0.05) is 91.0 Å². The lowest BCUT2D eigenvalue weighted by Gasteiger charge is -2.40. The average molecular weight is 675 g/mol. The van der Waals surface area contributed by atoms with Gasteiger partial charge in [-0.05, 0) is 42.0 Å². The normalized spacial score (nSPS) is 22.3. The Morgan fingerprint density at radius 3 is 2.13 bits per heavy atom. The van der Waals surface area contributed by atoms with Gasteiger partial charge in [-0.25, -0.2) is 19.6 Å². The number of ether oxygens (including phenoxy) is 1. The summed E-state index contributed by atoms with van der Waals surface area (Å²) in [6.07, 6.45) is 4.21. The van der Waals surface area contributed by atoms with Crippen LogP contribution in [-0.4, -0.2) is 78.7 Å². The summed E-state index contributed by atoms with van der Waals surface area (Å²) in [6.45, 7) is -3.56. The second-order valence-electron chi connectivity index (χ2n) is 12.0. The topological polar surface area (TPSA) is 109 Å². The molecule has 5 unspecified atom stereocenters. The average Bonchev–Trinajstić information content (AvgIpc) is 3.70. The molecule has 0 amide bonds. The fourth-order valence-corrected chi connectivity index (χ4v) is 6.79. The molecule has 1 saturated heterocycles. The number of nitrogens with one attached hydrogen (secondary N) is 2. The van der Waals surface area contributed by atoms with Crippen LogP contribution in [0.1, 0.15) is 41.2 Å². The van der Waals surface area contributed by atoms with E-state index < -0.39 is 30.9 Å². The summed E-state index contributed by atoms with van der Waals surface area (Å²) in [5.74, 6) is 0.753. The number of halogens is 1. The van der Waals surface area contributed by atoms with Crippen molar-refractivity contribution in [1.82, 2.24) is 24.4 Å². The van der Waals surface area contributed by atoms with Gasteiger partial charge in [0.25, 0.3) is 0 Å². The zero-order valence-corrected chi connectivity index (χ0v) is 28.5. The Morgan fingerprint density at radius 2 is 1.60 bits per heavy atom. The molecule has 13 heteroatoms. The first-order valence-electron chi connectivity index (χ1n) is 15.5. The van der Waals surface area contributed by atoms with Gasteiger partial charge in [0.1, 0.15) is 17.7 Å². The largest absolute Gasteiger partial charge is 0.369 e. The second-order valence-corrected chi connectivity index (χ2v) is 15.2. The number of hydrogen-bond acceptors (Lipinski definition) is 8. The van der Waals surface area contributed by atoms with E-state index in [4.69, 9.17) is 20.5 Å². The Hall–Kier alpha value is -3.83. The van der Waals surface area contributed by atoms with Crippen LogP contribution in [-0.2, 0) is 19.4 Å². The molecule has 1 aromatic heterocycles. The van der Waals surface area contributed by atoms with Gasteiger partial charge >= 0.3 is 6.87 Å². The standard InChI is InChI=1S/C34H40ClN8O3P/c1-41(2)23-39-32-31-33(37-22-36-32)43(24-38-31)30-20-28(29(46-30)21-45-47(35,44)42(3)4)40-34(25-14-8-5-9-15-25,26-16-10-6-11-17-26)27-18-12-7-13-19-27/h5-19,22-24,28-30,32,40H,20-21H2,1-4H3,(H,36,37). The van der Waals surface area contributed by atoms with Gasteiger partial charge in [0.05, 0.1) is 37.3 Å². The van der Waals surface area contributed by atoms with E-state index in [1.807, 2.05) is 78.2 Å². The lowest BCUT2D eigenvalue weighted by Crippen LogP contribution is -2.53. The third kappa shape index (κ3) is 6.92.